The molecule has 128 valence electrons. The van der Waals surface area contributed by atoms with Gasteiger partial charge in [0, 0.05) is 5.56 Å². The van der Waals surface area contributed by atoms with E-state index >= 15 is 0 Å². The molecule has 0 bridgehead atoms. The molecule has 0 unspecified atom stereocenters. The van der Waals surface area contributed by atoms with E-state index in [0.717, 1.165) is 24.2 Å². The van der Waals surface area contributed by atoms with Crippen LogP contribution in [0.5, 0.6) is 0 Å². The Hall–Kier alpha value is -1.83. The Kier molecular flexibility index (Phi) is 4.93. The number of piperazine rings is 1. The van der Waals surface area contributed by atoms with Crippen molar-refractivity contribution >= 4 is 10.0 Å². The maximum absolute atomic E-state index is 13.0. The van der Waals surface area contributed by atoms with Gasteiger partial charge in [0.15, 0.2) is 0 Å². The minimum Gasteiger partial charge on any atom is -0.329 e. The third kappa shape index (κ3) is 3.80. The molecule has 1 heterocycles. The first-order valence-electron chi connectivity index (χ1n) is 7.79. The van der Waals surface area contributed by atoms with Crippen molar-refractivity contribution in [1.82, 2.24) is 4.31 Å². The van der Waals surface area contributed by atoms with Gasteiger partial charge >= 0.3 is 0 Å². The molecular weight excluding hydrogens is 334 g/mol. The molecule has 4 nitrogen and oxygen atoms in total. The Morgan fingerprint density at radius 2 is 1.38 bits per heavy atom. The highest BCUT2D eigenvalue weighted by Gasteiger charge is 2.30. The van der Waals surface area contributed by atoms with Gasteiger partial charge in [-0.15, -0.1) is 0 Å². The molecule has 0 atom stereocenters. The Bertz CT molecular complexity index is 784. The van der Waals surface area contributed by atoms with Crippen molar-refractivity contribution < 1.29 is 22.1 Å². The Labute approximate surface area is 140 Å². The minimum atomic E-state index is -3.58. The van der Waals surface area contributed by atoms with Crippen LogP contribution < -0.4 is 4.90 Å². The fourth-order valence-electron chi connectivity index (χ4n) is 2.87. The van der Waals surface area contributed by atoms with E-state index in [2.05, 4.69) is 0 Å². The van der Waals surface area contributed by atoms with Crippen molar-refractivity contribution in [1.29, 1.82) is 0 Å². The summed E-state index contributed by atoms with van der Waals surface area (Å²) in [4.78, 5) is 1.37. The molecule has 1 saturated heterocycles. The molecule has 1 aliphatic heterocycles. The molecule has 2 aromatic carbocycles. The lowest BCUT2D eigenvalue weighted by molar-refractivity contribution is -0.917. The summed E-state index contributed by atoms with van der Waals surface area (Å²) < 4.78 is 52.4. The first-order chi connectivity index (χ1) is 11.4. The van der Waals surface area contributed by atoms with Crippen molar-refractivity contribution in [3.05, 3.63) is 65.7 Å². The third-order valence-electron chi connectivity index (χ3n) is 4.25. The number of quaternary nitrogens is 1. The number of halogens is 2. The summed E-state index contributed by atoms with van der Waals surface area (Å²) in [5.41, 5.74) is 1.03. The average Bonchev–Trinajstić information content (AvgIpc) is 2.58. The lowest BCUT2D eigenvalue weighted by Gasteiger charge is -2.31. The van der Waals surface area contributed by atoms with Crippen LogP contribution in [0.1, 0.15) is 5.56 Å². The SMILES string of the molecule is O=S(=O)(c1ccc(F)cc1)N1CC[NH+](Cc2ccc(F)cc2)CC1. The number of sulfonamides is 1. The number of hydrogen-bond acceptors (Lipinski definition) is 2. The molecule has 24 heavy (non-hydrogen) atoms. The second-order valence-corrected chi connectivity index (χ2v) is 7.85. The Morgan fingerprint density at radius 3 is 1.92 bits per heavy atom. The third-order valence-corrected chi connectivity index (χ3v) is 6.16. The number of nitrogens with zero attached hydrogens (tertiary/aromatic N) is 1. The highest BCUT2D eigenvalue weighted by molar-refractivity contribution is 7.89. The van der Waals surface area contributed by atoms with Gasteiger partial charge < -0.3 is 4.90 Å². The van der Waals surface area contributed by atoms with Crippen LogP contribution in [-0.2, 0) is 16.6 Å². The highest BCUT2D eigenvalue weighted by atomic mass is 32.2. The molecular formula is C17H19F2N2O2S+. The van der Waals surface area contributed by atoms with Gasteiger partial charge in [0.2, 0.25) is 10.0 Å². The van der Waals surface area contributed by atoms with Gasteiger partial charge in [-0.25, -0.2) is 17.2 Å². The first-order valence-corrected chi connectivity index (χ1v) is 9.23. The van der Waals surface area contributed by atoms with Crippen LogP contribution in [0.4, 0.5) is 8.78 Å². The molecule has 1 aliphatic rings. The molecule has 1 N–H and O–H groups in total. The fraction of sp³-hybridized carbons (Fsp3) is 0.294. The number of nitrogens with one attached hydrogen (secondary N) is 1. The second-order valence-electron chi connectivity index (χ2n) is 5.91. The van der Waals surface area contributed by atoms with Gasteiger partial charge in [-0.2, -0.15) is 4.31 Å². The highest BCUT2D eigenvalue weighted by Crippen LogP contribution is 2.16. The molecule has 0 radical (unpaired) electrons. The smallest absolute Gasteiger partial charge is 0.243 e. The summed E-state index contributed by atoms with van der Waals surface area (Å²) in [7, 11) is -3.58. The molecule has 0 aliphatic carbocycles. The van der Waals surface area contributed by atoms with E-state index in [1.807, 2.05) is 0 Å². The summed E-state index contributed by atoms with van der Waals surface area (Å²) in [5.74, 6) is -0.716. The Morgan fingerprint density at radius 1 is 0.875 bits per heavy atom. The molecule has 0 amide bonds. The van der Waals surface area contributed by atoms with Gasteiger partial charge in [0.25, 0.3) is 0 Å². The predicted octanol–water partition coefficient (Wildman–Crippen LogP) is 1.05. The fourth-order valence-corrected chi connectivity index (χ4v) is 4.31. The van der Waals surface area contributed by atoms with Crippen molar-refractivity contribution in [3.8, 4) is 0 Å². The van der Waals surface area contributed by atoms with E-state index in [1.54, 1.807) is 12.1 Å². The van der Waals surface area contributed by atoms with Gasteiger partial charge in [-0.3, -0.25) is 0 Å². The van der Waals surface area contributed by atoms with E-state index in [1.165, 1.54) is 33.5 Å². The standard InChI is InChI=1S/C17H18F2N2O2S/c18-15-3-1-14(2-4-15)13-20-9-11-21(12-10-20)24(22,23)17-7-5-16(19)6-8-17/h1-8H,9-13H2/p+1. The zero-order chi connectivity index (χ0) is 17.2. The van der Waals surface area contributed by atoms with Crippen molar-refractivity contribution in [2.24, 2.45) is 0 Å². The second kappa shape index (κ2) is 6.96. The van der Waals surface area contributed by atoms with E-state index < -0.39 is 15.8 Å². The van der Waals surface area contributed by atoms with E-state index in [4.69, 9.17) is 0 Å². The summed E-state index contributed by atoms with van der Waals surface area (Å²) in [6.07, 6.45) is 0. The van der Waals surface area contributed by atoms with Gasteiger partial charge in [-0.05, 0) is 36.4 Å². The molecule has 3 rings (SSSR count). The number of rotatable bonds is 4. The van der Waals surface area contributed by atoms with Crippen LogP contribution in [-0.4, -0.2) is 38.9 Å². The van der Waals surface area contributed by atoms with Crippen molar-refractivity contribution in [2.45, 2.75) is 11.4 Å². The summed E-state index contributed by atoms with van der Waals surface area (Å²) >= 11 is 0. The van der Waals surface area contributed by atoms with Crippen LogP contribution in [0, 0.1) is 11.6 Å². The normalized spacial score (nSPS) is 17.1. The average molecular weight is 353 g/mol. The largest absolute Gasteiger partial charge is 0.329 e. The summed E-state index contributed by atoms with van der Waals surface area (Å²) in [6, 6.07) is 11.3. The van der Waals surface area contributed by atoms with Gasteiger partial charge in [-0.1, -0.05) is 12.1 Å². The lowest BCUT2D eigenvalue weighted by atomic mass is 10.2. The van der Waals surface area contributed by atoms with E-state index in [9.17, 15) is 17.2 Å². The zero-order valence-electron chi connectivity index (χ0n) is 13.1. The minimum absolute atomic E-state index is 0.117. The molecule has 0 aromatic heterocycles. The summed E-state index contributed by atoms with van der Waals surface area (Å²) in [5, 5.41) is 0. The van der Waals surface area contributed by atoms with Crippen LogP contribution in [0.3, 0.4) is 0 Å². The Balaban J connectivity index is 1.62. The van der Waals surface area contributed by atoms with Crippen LogP contribution >= 0.6 is 0 Å². The molecule has 1 fully saturated rings. The molecule has 0 spiro atoms. The van der Waals surface area contributed by atoms with Crippen molar-refractivity contribution in [3.63, 3.8) is 0 Å². The number of hydrogen-bond donors (Lipinski definition) is 1. The maximum atomic E-state index is 13.0. The molecule has 2 aromatic rings. The van der Waals surface area contributed by atoms with Gasteiger partial charge in [0.05, 0.1) is 31.1 Å². The van der Waals surface area contributed by atoms with E-state index in [-0.39, 0.29) is 10.7 Å². The summed E-state index contributed by atoms with van der Waals surface area (Å²) in [6.45, 7) is 2.92. The van der Waals surface area contributed by atoms with Gasteiger partial charge in [0.1, 0.15) is 18.2 Å². The van der Waals surface area contributed by atoms with Crippen LogP contribution in [0.15, 0.2) is 53.4 Å². The van der Waals surface area contributed by atoms with Crippen LogP contribution in [0.25, 0.3) is 0 Å². The zero-order valence-corrected chi connectivity index (χ0v) is 13.9. The lowest BCUT2D eigenvalue weighted by Crippen LogP contribution is -3.13. The molecule has 7 heteroatoms. The maximum Gasteiger partial charge on any atom is 0.243 e. The molecule has 0 saturated carbocycles. The quantitative estimate of drug-likeness (QED) is 0.893. The number of benzene rings is 2. The van der Waals surface area contributed by atoms with E-state index in [0.29, 0.717) is 26.2 Å². The van der Waals surface area contributed by atoms with Crippen molar-refractivity contribution in [2.75, 3.05) is 26.2 Å². The topological polar surface area (TPSA) is 41.8 Å². The first kappa shape index (κ1) is 17.0. The monoisotopic (exact) mass is 353 g/mol. The van der Waals surface area contributed by atoms with Crippen LogP contribution in [0.2, 0.25) is 0 Å². The predicted molar refractivity (Wildman–Crippen MR) is 86.0 cm³/mol.